The van der Waals surface area contributed by atoms with Crippen molar-refractivity contribution < 1.29 is 27.1 Å². The summed E-state index contributed by atoms with van der Waals surface area (Å²) in [7, 11) is 0. The summed E-state index contributed by atoms with van der Waals surface area (Å²) in [5, 5.41) is 3.24. The zero-order valence-electron chi connectivity index (χ0n) is 20.3. The topological polar surface area (TPSA) is 67.3 Å². The molecule has 2 aliphatic rings. The first-order chi connectivity index (χ1) is 17.2. The molecule has 11 heteroatoms. The van der Waals surface area contributed by atoms with Gasteiger partial charge in [0.05, 0.1) is 11.3 Å². The second kappa shape index (κ2) is 11.9. The van der Waals surface area contributed by atoms with Crippen LogP contribution in [0.3, 0.4) is 0 Å². The van der Waals surface area contributed by atoms with Crippen molar-refractivity contribution in [3.8, 4) is 5.19 Å². The molecule has 1 aliphatic heterocycles. The number of rotatable bonds is 9. The number of alkyl halides is 4. The number of carbonyl (C=O) groups is 1. The molecule has 0 saturated heterocycles. The third-order valence-corrected chi connectivity index (χ3v) is 7.92. The molecule has 0 atom stereocenters. The van der Waals surface area contributed by atoms with E-state index in [9.17, 15) is 22.4 Å². The molecule has 2 aromatic heterocycles. The Hall–Kier alpha value is -2.27. The highest BCUT2D eigenvalue weighted by Crippen LogP contribution is 2.31. The Morgan fingerprint density at radius 3 is 2.72 bits per heavy atom. The first kappa shape index (κ1) is 26.8. The minimum Gasteiger partial charge on any atom is -0.464 e. The molecule has 198 valence electrons. The molecule has 1 N–H and O–H groups in total. The van der Waals surface area contributed by atoms with E-state index < -0.39 is 30.6 Å². The minimum absolute atomic E-state index is 0.0104. The van der Waals surface area contributed by atoms with E-state index in [2.05, 4.69) is 20.2 Å². The standard InChI is InChI=1S/C25H32F4N4O2S/c1-25(28,29)15-35-24-32-19-9-13-33(14-10-20(19)36-24)12-8-16-4-6-17(7-5-16)31-23(34)18-3-2-11-30-21(18)22(26)27/h2-3,11,16-17,22H,4-10,12-15H2,1H3,(H,31,34)/t16-,17-. The van der Waals surface area contributed by atoms with Crippen LogP contribution in [0.15, 0.2) is 18.3 Å². The van der Waals surface area contributed by atoms with E-state index in [4.69, 9.17) is 4.74 Å². The van der Waals surface area contributed by atoms with Gasteiger partial charge in [-0.1, -0.05) is 11.3 Å². The Morgan fingerprint density at radius 2 is 2.00 bits per heavy atom. The fourth-order valence-corrected chi connectivity index (χ4v) is 5.81. The van der Waals surface area contributed by atoms with Crippen LogP contribution in [0.5, 0.6) is 5.19 Å². The number of halogens is 4. The third-order valence-electron chi connectivity index (χ3n) is 6.85. The summed E-state index contributed by atoms with van der Waals surface area (Å²) in [4.78, 5) is 24.1. The first-order valence-electron chi connectivity index (χ1n) is 12.4. The van der Waals surface area contributed by atoms with Crippen LogP contribution in [0, 0.1) is 5.92 Å². The van der Waals surface area contributed by atoms with Gasteiger partial charge in [-0.2, -0.15) is 0 Å². The Balaban J connectivity index is 1.17. The molecule has 2 aromatic rings. The van der Waals surface area contributed by atoms with Gasteiger partial charge in [-0.3, -0.25) is 9.78 Å². The van der Waals surface area contributed by atoms with E-state index in [0.717, 1.165) is 82.1 Å². The number of thiazole rings is 1. The van der Waals surface area contributed by atoms with Crippen LogP contribution in [0.4, 0.5) is 17.6 Å². The smallest absolute Gasteiger partial charge is 0.281 e. The summed E-state index contributed by atoms with van der Waals surface area (Å²) >= 11 is 1.37. The van der Waals surface area contributed by atoms with Crippen molar-refractivity contribution in [1.82, 2.24) is 20.2 Å². The summed E-state index contributed by atoms with van der Waals surface area (Å²) in [5.74, 6) is -2.79. The number of hydrogen-bond acceptors (Lipinski definition) is 6. The fraction of sp³-hybridized carbons (Fsp3) is 0.640. The Labute approximate surface area is 212 Å². The SMILES string of the molecule is CC(F)(F)COc1nc2c(s1)CCN(CC[C@H]1CC[C@H](NC(=O)c3cccnc3C(F)F)CC1)CC2. The Bertz CT molecular complexity index is 996. The molecule has 0 radical (unpaired) electrons. The highest BCUT2D eigenvalue weighted by molar-refractivity contribution is 7.13. The van der Waals surface area contributed by atoms with Gasteiger partial charge in [0.25, 0.3) is 23.4 Å². The van der Waals surface area contributed by atoms with Gasteiger partial charge in [0, 0.05) is 43.5 Å². The van der Waals surface area contributed by atoms with E-state index >= 15 is 0 Å². The molecule has 1 aliphatic carbocycles. The van der Waals surface area contributed by atoms with Gasteiger partial charge in [-0.25, -0.2) is 22.5 Å². The van der Waals surface area contributed by atoms with Crippen LogP contribution in [0.2, 0.25) is 0 Å². The van der Waals surface area contributed by atoms with Crippen LogP contribution in [-0.2, 0) is 12.8 Å². The van der Waals surface area contributed by atoms with Gasteiger partial charge in [-0.15, -0.1) is 0 Å². The molecule has 6 nitrogen and oxygen atoms in total. The monoisotopic (exact) mass is 528 g/mol. The highest BCUT2D eigenvalue weighted by Gasteiger charge is 2.27. The number of aromatic nitrogens is 2. The summed E-state index contributed by atoms with van der Waals surface area (Å²) in [5.41, 5.74) is 0.425. The molecule has 3 heterocycles. The zero-order chi connectivity index (χ0) is 25.7. The van der Waals surface area contributed by atoms with E-state index in [-0.39, 0.29) is 11.6 Å². The number of nitrogens with zero attached hydrogens (tertiary/aromatic N) is 3. The number of hydrogen-bond donors (Lipinski definition) is 1. The van der Waals surface area contributed by atoms with E-state index in [1.807, 2.05) is 0 Å². The average Bonchev–Trinajstić information content (AvgIpc) is 3.15. The van der Waals surface area contributed by atoms with Crippen molar-refractivity contribution in [2.75, 3.05) is 26.2 Å². The molecule has 1 amide bonds. The lowest BCUT2D eigenvalue weighted by Crippen LogP contribution is -2.38. The summed E-state index contributed by atoms with van der Waals surface area (Å²) in [6, 6.07) is 2.88. The van der Waals surface area contributed by atoms with Crippen LogP contribution in [-0.4, -0.2) is 59.0 Å². The van der Waals surface area contributed by atoms with Crippen LogP contribution >= 0.6 is 11.3 Å². The molecule has 4 rings (SSSR count). The van der Waals surface area contributed by atoms with Gasteiger partial charge in [0.2, 0.25) is 0 Å². The maximum atomic E-state index is 13.1. The zero-order valence-corrected chi connectivity index (χ0v) is 21.1. The summed E-state index contributed by atoms with van der Waals surface area (Å²) in [6.07, 6.45) is 4.83. The van der Waals surface area contributed by atoms with Crippen molar-refractivity contribution in [1.29, 1.82) is 0 Å². The predicted molar refractivity (Wildman–Crippen MR) is 129 cm³/mol. The minimum atomic E-state index is -2.87. The van der Waals surface area contributed by atoms with Crippen molar-refractivity contribution in [2.45, 2.75) is 70.3 Å². The number of nitrogens with one attached hydrogen (secondary N) is 1. The fourth-order valence-electron chi connectivity index (χ4n) is 4.87. The van der Waals surface area contributed by atoms with Crippen LogP contribution < -0.4 is 10.1 Å². The van der Waals surface area contributed by atoms with Gasteiger partial charge < -0.3 is 15.0 Å². The van der Waals surface area contributed by atoms with E-state index in [1.165, 1.54) is 29.7 Å². The Morgan fingerprint density at radius 1 is 1.25 bits per heavy atom. The number of carbonyl (C=O) groups excluding carboxylic acids is 1. The second-order valence-corrected chi connectivity index (χ2v) is 10.8. The molecule has 1 fully saturated rings. The molecule has 1 saturated carbocycles. The molecule has 0 unspecified atom stereocenters. The van der Waals surface area contributed by atoms with Gasteiger partial charge in [0.1, 0.15) is 5.69 Å². The predicted octanol–water partition coefficient (Wildman–Crippen LogP) is 5.29. The van der Waals surface area contributed by atoms with Crippen molar-refractivity contribution >= 4 is 17.2 Å². The van der Waals surface area contributed by atoms with Crippen LogP contribution in [0.25, 0.3) is 0 Å². The number of amides is 1. The highest BCUT2D eigenvalue weighted by atomic mass is 32.1. The Kier molecular flexibility index (Phi) is 8.82. The van der Waals surface area contributed by atoms with Crippen molar-refractivity contribution in [3.63, 3.8) is 0 Å². The molecular formula is C25H32F4N4O2S. The molecular weight excluding hydrogens is 496 g/mol. The van der Waals surface area contributed by atoms with Crippen LogP contribution in [0.1, 0.15) is 72.1 Å². The normalized spacial score (nSPS) is 21.2. The first-order valence-corrected chi connectivity index (χ1v) is 13.2. The van der Waals surface area contributed by atoms with Crippen molar-refractivity contribution in [3.05, 3.63) is 40.2 Å². The summed E-state index contributed by atoms with van der Waals surface area (Å²) in [6.45, 7) is 2.94. The maximum Gasteiger partial charge on any atom is 0.281 e. The quantitative estimate of drug-likeness (QED) is 0.448. The third kappa shape index (κ3) is 7.38. The van der Waals surface area contributed by atoms with Crippen molar-refractivity contribution in [2.24, 2.45) is 5.92 Å². The molecule has 0 spiro atoms. The van der Waals surface area contributed by atoms with Gasteiger partial charge in [0.15, 0.2) is 6.61 Å². The van der Waals surface area contributed by atoms with Gasteiger partial charge >= 0.3 is 0 Å². The number of pyridine rings is 1. The summed E-state index contributed by atoms with van der Waals surface area (Å²) < 4.78 is 57.5. The second-order valence-electron chi connectivity index (χ2n) is 9.77. The molecule has 0 bridgehead atoms. The number of ether oxygens (including phenoxy) is 1. The maximum absolute atomic E-state index is 13.1. The average molecular weight is 529 g/mol. The lowest BCUT2D eigenvalue weighted by Gasteiger charge is -2.31. The molecule has 0 aromatic carbocycles. The molecule has 36 heavy (non-hydrogen) atoms. The largest absolute Gasteiger partial charge is 0.464 e. The van der Waals surface area contributed by atoms with Gasteiger partial charge in [-0.05, 0) is 63.1 Å². The van der Waals surface area contributed by atoms with E-state index in [0.29, 0.717) is 11.1 Å². The lowest BCUT2D eigenvalue weighted by molar-refractivity contribution is -0.0230. The van der Waals surface area contributed by atoms with E-state index in [1.54, 1.807) is 0 Å². The lowest BCUT2D eigenvalue weighted by atomic mass is 9.84. The number of fused-ring (bicyclic) bond motifs is 1.